The average molecular weight is 456 g/mol. The van der Waals surface area contributed by atoms with E-state index in [4.69, 9.17) is 0 Å². The Morgan fingerprint density at radius 2 is 1.77 bits per heavy atom. The van der Waals surface area contributed by atoms with Crippen molar-refractivity contribution in [3.63, 3.8) is 0 Å². The molecule has 162 valence electrons. The maximum absolute atomic E-state index is 12.9. The second-order valence-corrected chi connectivity index (χ2v) is 10.2. The first kappa shape index (κ1) is 21.5. The lowest BCUT2D eigenvalue weighted by Crippen LogP contribution is -2.30. The summed E-state index contributed by atoms with van der Waals surface area (Å²) in [4.78, 5) is 16.2. The Labute approximate surface area is 187 Å². The first-order valence-corrected chi connectivity index (χ1v) is 12.7. The van der Waals surface area contributed by atoms with Crippen molar-refractivity contribution >= 4 is 38.6 Å². The largest absolute Gasteiger partial charge is 0.370 e. The fourth-order valence-electron chi connectivity index (χ4n) is 3.65. The molecule has 2 N–H and O–H groups in total. The van der Waals surface area contributed by atoms with Crippen molar-refractivity contribution in [3.8, 4) is 0 Å². The van der Waals surface area contributed by atoms with Crippen LogP contribution in [0, 0.1) is 0 Å². The van der Waals surface area contributed by atoms with Crippen LogP contribution in [0.25, 0.3) is 0 Å². The number of rotatable bonds is 7. The Morgan fingerprint density at radius 1 is 0.968 bits per heavy atom. The fraction of sp³-hybridized carbons (Fsp3) is 0.261. The number of hydrogen-bond donors (Lipinski definition) is 2. The zero-order valence-electron chi connectivity index (χ0n) is 17.1. The molecule has 1 fully saturated rings. The van der Waals surface area contributed by atoms with Crippen LogP contribution in [0.3, 0.4) is 0 Å². The number of piperidine rings is 1. The molecule has 1 aromatic heterocycles. The quantitative estimate of drug-likeness (QED) is 0.551. The minimum Gasteiger partial charge on any atom is -0.370 e. The molecule has 0 radical (unpaired) electrons. The molecule has 6 nitrogen and oxygen atoms in total. The number of carbonyl (C=O) groups is 1. The smallest absolute Gasteiger partial charge is 0.255 e. The zero-order chi connectivity index (χ0) is 21.7. The van der Waals surface area contributed by atoms with E-state index < -0.39 is 10.0 Å². The van der Waals surface area contributed by atoms with Crippen molar-refractivity contribution in [1.82, 2.24) is 4.72 Å². The van der Waals surface area contributed by atoms with Crippen LogP contribution in [0.1, 0.15) is 34.5 Å². The van der Waals surface area contributed by atoms with Gasteiger partial charge < -0.3 is 10.2 Å². The van der Waals surface area contributed by atoms with Crippen molar-refractivity contribution in [2.24, 2.45) is 0 Å². The van der Waals surface area contributed by atoms with Crippen LogP contribution in [0.2, 0.25) is 0 Å². The number of hydrogen-bond acceptors (Lipinski definition) is 5. The van der Waals surface area contributed by atoms with E-state index >= 15 is 0 Å². The van der Waals surface area contributed by atoms with E-state index in [1.165, 1.54) is 29.9 Å². The second-order valence-electron chi connectivity index (χ2n) is 7.45. The highest BCUT2D eigenvalue weighted by Gasteiger charge is 2.19. The average Bonchev–Trinajstić information content (AvgIpc) is 3.33. The molecule has 4 rings (SSSR count). The Kier molecular flexibility index (Phi) is 6.70. The maximum atomic E-state index is 12.9. The molecule has 2 heterocycles. The summed E-state index contributed by atoms with van der Waals surface area (Å²) in [7, 11) is -3.72. The highest BCUT2D eigenvalue weighted by Crippen LogP contribution is 2.28. The third-order valence-corrected chi connectivity index (χ3v) is 7.55. The molecule has 0 aliphatic carbocycles. The summed E-state index contributed by atoms with van der Waals surface area (Å²) in [5.74, 6) is -0.334. The number of sulfonamides is 1. The SMILES string of the molecule is O=C(Nc1ccccc1N1CCCCC1)c1cccc(S(=O)(=O)NCc2cccs2)c1. The fourth-order valence-corrected chi connectivity index (χ4v) is 5.44. The van der Waals surface area contributed by atoms with Crippen LogP contribution in [-0.4, -0.2) is 27.4 Å². The predicted octanol–water partition coefficient (Wildman–Crippen LogP) is 4.47. The van der Waals surface area contributed by atoms with Gasteiger partial charge >= 0.3 is 0 Å². The van der Waals surface area contributed by atoms with Gasteiger partial charge in [-0.3, -0.25) is 4.79 Å². The summed E-state index contributed by atoms with van der Waals surface area (Å²) in [6.07, 6.45) is 3.51. The lowest BCUT2D eigenvalue weighted by Gasteiger charge is -2.30. The van der Waals surface area contributed by atoms with Crippen LogP contribution >= 0.6 is 11.3 Å². The van der Waals surface area contributed by atoms with Gasteiger partial charge in [0, 0.05) is 30.1 Å². The van der Waals surface area contributed by atoms with E-state index in [1.807, 2.05) is 41.8 Å². The third kappa shape index (κ3) is 5.33. The highest BCUT2D eigenvalue weighted by molar-refractivity contribution is 7.89. The molecule has 8 heteroatoms. The maximum Gasteiger partial charge on any atom is 0.255 e. The number of thiophene rings is 1. The number of amides is 1. The Morgan fingerprint density at radius 3 is 2.55 bits per heavy atom. The minimum atomic E-state index is -3.72. The van der Waals surface area contributed by atoms with Crippen LogP contribution in [0.4, 0.5) is 11.4 Å². The van der Waals surface area contributed by atoms with E-state index in [-0.39, 0.29) is 17.3 Å². The lowest BCUT2D eigenvalue weighted by atomic mass is 10.1. The molecule has 0 atom stereocenters. The highest BCUT2D eigenvalue weighted by atomic mass is 32.2. The van der Waals surface area contributed by atoms with Crippen molar-refractivity contribution < 1.29 is 13.2 Å². The summed E-state index contributed by atoms with van der Waals surface area (Å²) < 4.78 is 27.9. The zero-order valence-corrected chi connectivity index (χ0v) is 18.7. The summed E-state index contributed by atoms with van der Waals surface area (Å²) in [5, 5.41) is 4.86. The standard InChI is InChI=1S/C23H25N3O3S2/c27-23(25-21-11-2-3-12-22(21)26-13-4-1-5-14-26)18-8-6-10-20(16-18)31(28,29)24-17-19-9-7-15-30-19/h2-3,6-12,15-16,24H,1,4-5,13-14,17H2,(H,25,27). The molecular weight excluding hydrogens is 430 g/mol. The molecule has 1 saturated heterocycles. The van der Waals surface area contributed by atoms with Gasteiger partial charge in [0.15, 0.2) is 0 Å². The second kappa shape index (κ2) is 9.64. The molecule has 0 unspecified atom stereocenters. The first-order valence-electron chi connectivity index (χ1n) is 10.3. The van der Waals surface area contributed by atoms with Gasteiger partial charge in [-0.05, 0) is 61.0 Å². The minimum absolute atomic E-state index is 0.0704. The molecule has 1 aliphatic heterocycles. The van der Waals surface area contributed by atoms with Crippen molar-refractivity contribution in [1.29, 1.82) is 0 Å². The van der Waals surface area contributed by atoms with E-state index in [0.29, 0.717) is 5.56 Å². The number of anilines is 2. The number of nitrogens with zero attached hydrogens (tertiary/aromatic N) is 1. The summed E-state index contributed by atoms with van der Waals surface area (Å²) in [5.41, 5.74) is 2.03. The molecule has 2 aromatic carbocycles. The normalized spacial score (nSPS) is 14.4. The first-order chi connectivity index (χ1) is 15.0. The van der Waals surface area contributed by atoms with E-state index in [2.05, 4.69) is 14.9 Å². The van der Waals surface area contributed by atoms with E-state index in [9.17, 15) is 13.2 Å². The Bertz CT molecular complexity index is 1140. The molecule has 1 aliphatic rings. The van der Waals surface area contributed by atoms with Crippen LogP contribution < -0.4 is 14.9 Å². The van der Waals surface area contributed by atoms with E-state index in [1.54, 1.807) is 12.1 Å². The summed E-state index contributed by atoms with van der Waals surface area (Å²) >= 11 is 1.49. The Balaban J connectivity index is 1.50. The van der Waals surface area contributed by atoms with Gasteiger partial charge in [0.2, 0.25) is 10.0 Å². The number of nitrogens with one attached hydrogen (secondary N) is 2. The molecule has 1 amide bonds. The summed E-state index contributed by atoms with van der Waals surface area (Å²) in [6.45, 7) is 2.16. The monoisotopic (exact) mass is 455 g/mol. The number of benzene rings is 2. The van der Waals surface area contributed by atoms with Gasteiger partial charge in [0.1, 0.15) is 0 Å². The molecule has 0 bridgehead atoms. The molecule has 3 aromatic rings. The lowest BCUT2D eigenvalue weighted by molar-refractivity contribution is 0.102. The van der Waals surface area contributed by atoms with Crippen molar-refractivity contribution in [3.05, 3.63) is 76.5 Å². The van der Waals surface area contributed by atoms with E-state index in [0.717, 1.165) is 42.2 Å². The summed E-state index contributed by atoms with van der Waals surface area (Å²) in [6, 6.07) is 17.6. The molecule has 0 spiro atoms. The van der Waals surface area contributed by atoms with Gasteiger partial charge in [-0.25, -0.2) is 13.1 Å². The van der Waals surface area contributed by atoms with Gasteiger partial charge in [0.25, 0.3) is 5.91 Å². The van der Waals surface area contributed by atoms with Crippen LogP contribution in [0.15, 0.2) is 70.9 Å². The van der Waals surface area contributed by atoms with Crippen LogP contribution in [0.5, 0.6) is 0 Å². The molecule has 0 saturated carbocycles. The third-order valence-electron chi connectivity index (χ3n) is 5.27. The predicted molar refractivity (Wildman–Crippen MR) is 125 cm³/mol. The Hall–Kier alpha value is -2.68. The van der Waals surface area contributed by atoms with Gasteiger partial charge in [-0.1, -0.05) is 24.3 Å². The number of carbonyl (C=O) groups excluding carboxylic acids is 1. The van der Waals surface area contributed by atoms with Crippen LogP contribution in [-0.2, 0) is 16.6 Å². The molecular formula is C23H25N3O3S2. The van der Waals surface area contributed by atoms with Crippen molar-refractivity contribution in [2.45, 2.75) is 30.7 Å². The molecule has 31 heavy (non-hydrogen) atoms. The van der Waals surface area contributed by atoms with Crippen molar-refractivity contribution in [2.75, 3.05) is 23.3 Å². The van der Waals surface area contributed by atoms with Gasteiger partial charge in [0.05, 0.1) is 16.3 Å². The van der Waals surface area contributed by atoms with Gasteiger partial charge in [-0.15, -0.1) is 11.3 Å². The topological polar surface area (TPSA) is 78.5 Å². The number of para-hydroxylation sites is 2. The van der Waals surface area contributed by atoms with Gasteiger partial charge in [-0.2, -0.15) is 0 Å².